The van der Waals surface area contributed by atoms with Crippen LogP contribution in [0.4, 0.5) is 0 Å². The molecule has 2 rings (SSSR count). The molecule has 1 aromatic carbocycles. The van der Waals surface area contributed by atoms with Crippen LogP contribution in [0.15, 0.2) is 24.3 Å². The summed E-state index contributed by atoms with van der Waals surface area (Å²) in [5, 5.41) is 33.2. The number of nitrogens with one attached hydrogen (secondary N) is 2. The monoisotopic (exact) mass is 478 g/mol. The summed E-state index contributed by atoms with van der Waals surface area (Å²) in [6, 6.07) is 2.02. The molecule has 11 nitrogen and oxygen atoms in total. The minimum atomic E-state index is -1.50. The number of phenols is 1. The van der Waals surface area contributed by atoms with E-state index in [2.05, 4.69) is 10.6 Å². The fraction of sp³-hybridized carbons (Fsp3) is 0.565. The van der Waals surface area contributed by atoms with E-state index in [1.165, 1.54) is 24.0 Å². The highest BCUT2D eigenvalue weighted by Gasteiger charge is 2.40. The van der Waals surface area contributed by atoms with Crippen LogP contribution in [0.2, 0.25) is 0 Å². The zero-order valence-electron chi connectivity index (χ0n) is 19.6. The number of benzene rings is 1. The Bertz CT molecular complexity index is 888. The molecule has 11 heteroatoms. The normalized spacial score (nSPS) is 19.2. The molecule has 34 heavy (non-hydrogen) atoms. The van der Waals surface area contributed by atoms with E-state index < -0.39 is 54.0 Å². The summed E-state index contributed by atoms with van der Waals surface area (Å²) in [6.07, 6.45) is -0.238. The molecule has 7 N–H and O–H groups in total. The lowest BCUT2D eigenvalue weighted by molar-refractivity contribution is -0.147. The first kappa shape index (κ1) is 27.1. The van der Waals surface area contributed by atoms with Crippen LogP contribution in [-0.2, 0) is 25.6 Å². The number of rotatable bonds is 10. The second-order valence-corrected chi connectivity index (χ2v) is 8.96. The molecule has 5 unspecified atom stereocenters. The van der Waals surface area contributed by atoms with Crippen LogP contribution in [0.25, 0.3) is 0 Å². The maximum Gasteiger partial charge on any atom is 0.328 e. The molecule has 0 saturated carbocycles. The lowest BCUT2D eigenvalue weighted by Gasteiger charge is -2.31. The average molecular weight is 479 g/mol. The van der Waals surface area contributed by atoms with Crippen LogP contribution in [0.5, 0.6) is 5.75 Å². The minimum Gasteiger partial charge on any atom is -0.508 e. The zero-order valence-corrected chi connectivity index (χ0v) is 19.6. The van der Waals surface area contributed by atoms with Crippen LogP contribution in [0, 0.1) is 5.92 Å². The molecule has 5 atom stereocenters. The Morgan fingerprint density at radius 1 is 1.09 bits per heavy atom. The lowest BCUT2D eigenvalue weighted by Crippen LogP contribution is -2.59. The smallest absolute Gasteiger partial charge is 0.328 e. The molecule has 1 aromatic rings. The van der Waals surface area contributed by atoms with E-state index in [1.807, 2.05) is 0 Å². The van der Waals surface area contributed by atoms with Crippen molar-refractivity contribution >= 4 is 23.7 Å². The number of hydrogen-bond donors (Lipinski definition) is 6. The van der Waals surface area contributed by atoms with E-state index in [0.717, 1.165) is 5.56 Å². The number of carboxylic acids is 1. The van der Waals surface area contributed by atoms with Crippen molar-refractivity contribution in [3.8, 4) is 5.75 Å². The highest BCUT2D eigenvalue weighted by Crippen LogP contribution is 2.21. The first-order valence-corrected chi connectivity index (χ1v) is 11.3. The minimum absolute atomic E-state index is 0.0968. The molecule has 0 bridgehead atoms. The summed E-state index contributed by atoms with van der Waals surface area (Å²) >= 11 is 0. The van der Waals surface area contributed by atoms with Crippen LogP contribution >= 0.6 is 0 Å². The summed E-state index contributed by atoms with van der Waals surface area (Å²) in [5.41, 5.74) is 6.78. The lowest BCUT2D eigenvalue weighted by atomic mass is 10.00. The Labute approximate surface area is 198 Å². The van der Waals surface area contributed by atoms with Gasteiger partial charge in [0.1, 0.15) is 17.8 Å². The van der Waals surface area contributed by atoms with Gasteiger partial charge in [0.25, 0.3) is 0 Å². The SMILES string of the molecule is CC(C)C(NC(=O)C(N)Cc1ccc(O)cc1)C(=O)N1CCCC1C(=O)NC(C(=O)O)C(C)O. The van der Waals surface area contributed by atoms with Crippen molar-refractivity contribution in [2.24, 2.45) is 11.7 Å². The molecule has 0 aliphatic carbocycles. The number of aliphatic hydroxyl groups is 1. The fourth-order valence-electron chi connectivity index (χ4n) is 3.87. The quantitative estimate of drug-likeness (QED) is 0.256. The molecule has 3 amide bonds. The fourth-order valence-corrected chi connectivity index (χ4v) is 3.87. The van der Waals surface area contributed by atoms with Gasteiger partial charge in [0.05, 0.1) is 12.1 Å². The van der Waals surface area contributed by atoms with Gasteiger partial charge >= 0.3 is 5.97 Å². The number of aromatic hydroxyl groups is 1. The first-order chi connectivity index (χ1) is 15.9. The van der Waals surface area contributed by atoms with E-state index in [9.17, 15) is 34.5 Å². The van der Waals surface area contributed by atoms with Gasteiger partial charge in [0.15, 0.2) is 6.04 Å². The molecule has 1 aliphatic rings. The van der Waals surface area contributed by atoms with Crippen LogP contribution in [0.3, 0.4) is 0 Å². The van der Waals surface area contributed by atoms with Crippen molar-refractivity contribution in [2.75, 3.05) is 6.54 Å². The number of phenolic OH excluding ortho intramolecular Hbond substituents is 1. The van der Waals surface area contributed by atoms with Gasteiger partial charge in [-0.15, -0.1) is 0 Å². The van der Waals surface area contributed by atoms with Gasteiger partial charge in [-0.3, -0.25) is 14.4 Å². The molecular formula is C23H34N4O7. The van der Waals surface area contributed by atoms with Gasteiger partial charge in [0, 0.05) is 6.54 Å². The third-order valence-electron chi connectivity index (χ3n) is 5.84. The van der Waals surface area contributed by atoms with Gasteiger partial charge in [0.2, 0.25) is 17.7 Å². The summed E-state index contributed by atoms with van der Waals surface area (Å²) in [4.78, 5) is 51.4. The second kappa shape index (κ2) is 11.8. The Balaban J connectivity index is 2.08. The third kappa shape index (κ3) is 6.91. The van der Waals surface area contributed by atoms with Crippen LogP contribution < -0.4 is 16.4 Å². The van der Waals surface area contributed by atoms with E-state index in [-0.39, 0.29) is 24.6 Å². The number of aliphatic hydroxyl groups excluding tert-OH is 1. The maximum atomic E-state index is 13.3. The standard InChI is InChI=1S/C23H34N4O7/c1-12(2)18(25-20(30)16(24)11-14-6-8-15(29)9-7-14)22(32)27-10-4-5-17(27)21(31)26-19(13(3)28)23(33)34/h6-9,12-13,16-19,28-29H,4-5,10-11,24H2,1-3H3,(H,25,30)(H,26,31)(H,33,34). The van der Waals surface area contributed by atoms with Crippen molar-refractivity contribution < 1.29 is 34.5 Å². The first-order valence-electron chi connectivity index (χ1n) is 11.3. The van der Waals surface area contributed by atoms with Crippen molar-refractivity contribution in [1.82, 2.24) is 15.5 Å². The number of carboxylic acid groups (broad SMARTS) is 1. The average Bonchev–Trinajstić information content (AvgIpc) is 3.26. The molecule has 0 spiro atoms. The van der Waals surface area contributed by atoms with Gasteiger partial charge in [-0.05, 0) is 49.8 Å². The van der Waals surface area contributed by atoms with E-state index in [0.29, 0.717) is 12.8 Å². The maximum absolute atomic E-state index is 13.3. The zero-order chi connectivity index (χ0) is 25.6. The predicted octanol–water partition coefficient (Wildman–Crippen LogP) is -0.656. The molecule has 1 saturated heterocycles. The highest BCUT2D eigenvalue weighted by atomic mass is 16.4. The van der Waals surface area contributed by atoms with Crippen molar-refractivity contribution in [1.29, 1.82) is 0 Å². The number of hydrogen-bond acceptors (Lipinski definition) is 7. The molecule has 1 heterocycles. The highest BCUT2D eigenvalue weighted by molar-refractivity contribution is 5.94. The van der Waals surface area contributed by atoms with Crippen molar-refractivity contribution in [3.05, 3.63) is 29.8 Å². The number of carbonyl (C=O) groups is 4. The number of carbonyl (C=O) groups excluding carboxylic acids is 3. The number of nitrogens with two attached hydrogens (primary N) is 1. The Hall–Kier alpha value is -3.18. The molecule has 1 fully saturated rings. The summed E-state index contributed by atoms with van der Waals surface area (Å²) in [5.74, 6) is -3.24. The van der Waals surface area contributed by atoms with Crippen LogP contribution in [-0.4, -0.2) is 80.7 Å². The summed E-state index contributed by atoms with van der Waals surface area (Å²) in [6.45, 7) is 5.05. The van der Waals surface area contributed by atoms with Crippen molar-refractivity contribution in [3.63, 3.8) is 0 Å². The number of aliphatic carboxylic acids is 1. The van der Waals surface area contributed by atoms with E-state index in [4.69, 9.17) is 5.73 Å². The molecule has 0 aromatic heterocycles. The summed E-state index contributed by atoms with van der Waals surface area (Å²) in [7, 11) is 0. The topological polar surface area (TPSA) is 182 Å². The van der Waals surface area contributed by atoms with E-state index in [1.54, 1.807) is 26.0 Å². The molecule has 1 aliphatic heterocycles. The van der Waals surface area contributed by atoms with Gasteiger partial charge in [-0.2, -0.15) is 0 Å². The number of amides is 3. The Morgan fingerprint density at radius 3 is 2.24 bits per heavy atom. The molecule has 188 valence electrons. The number of likely N-dealkylation sites (tertiary alicyclic amines) is 1. The third-order valence-corrected chi connectivity index (χ3v) is 5.84. The Morgan fingerprint density at radius 2 is 1.71 bits per heavy atom. The second-order valence-electron chi connectivity index (χ2n) is 8.96. The Kier molecular flexibility index (Phi) is 9.39. The van der Waals surface area contributed by atoms with Gasteiger partial charge in [-0.1, -0.05) is 26.0 Å². The largest absolute Gasteiger partial charge is 0.508 e. The molecule has 0 radical (unpaired) electrons. The molecular weight excluding hydrogens is 444 g/mol. The van der Waals surface area contributed by atoms with Gasteiger partial charge in [-0.25, -0.2) is 4.79 Å². The van der Waals surface area contributed by atoms with E-state index >= 15 is 0 Å². The van der Waals surface area contributed by atoms with Crippen LogP contribution in [0.1, 0.15) is 39.2 Å². The predicted molar refractivity (Wildman–Crippen MR) is 123 cm³/mol. The summed E-state index contributed by atoms with van der Waals surface area (Å²) < 4.78 is 0. The van der Waals surface area contributed by atoms with Crippen molar-refractivity contribution in [2.45, 2.75) is 70.3 Å². The van der Waals surface area contributed by atoms with Gasteiger partial charge < -0.3 is 36.6 Å². The number of nitrogens with zero attached hydrogens (tertiary/aromatic N) is 1.